The van der Waals surface area contributed by atoms with Crippen molar-refractivity contribution in [2.24, 2.45) is 0 Å². The maximum Gasteiger partial charge on any atom is 0.258 e. The summed E-state index contributed by atoms with van der Waals surface area (Å²) >= 11 is 0. The molecule has 3 rings (SSSR count). The standard InChI is InChI=1S/C19H21N3O3/c1-12-10-11-16(25-12)13(2)20-18(23)9-5-8-17-21-15-7-4-3-6-14(15)19(24)22-17/h3-4,6-7,10-11,13H,5,8-9H2,1-2H3,(H,20,23)(H,21,22,24). The minimum atomic E-state index is -0.167. The van der Waals surface area contributed by atoms with Gasteiger partial charge in [-0.05, 0) is 44.5 Å². The molecule has 3 aromatic rings. The Hall–Kier alpha value is -2.89. The lowest BCUT2D eigenvalue weighted by Gasteiger charge is -2.11. The lowest BCUT2D eigenvalue weighted by Crippen LogP contribution is -2.26. The van der Waals surface area contributed by atoms with Crippen LogP contribution in [0.2, 0.25) is 0 Å². The van der Waals surface area contributed by atoms with E-state index in [1.807, 2.05) is 44.2 Å². The van der Waals surface area contributed by atoms with E-state index in [1.54, 1.807) is 6.07 Å². The Kier molecular flexibility index (Phi) is 4.97. The molecule has 0 spiro atoms. The quantitative estimate of drug-likeness (QED) is 0.722. The van der Waals surface area contributed by atoms with E-state index in [2.05, 4.69) is 15.3 Å². The van der Waals surface area contributed by atoms with Gasteiger partial charge in [-0.3, -0.25) is 9.59 Å². The highest BCUT2D eigenvalue weighted by Gasteiger charge is 2.12. The fourth-order valence-electron chi connectivity index (χ4n) is 2.74. The zero-order valence-electron chi connectivity index (χ0n) is 14.3. The van der Waals surface area contributed by atoms with Gasteiger partial charge in [-0.2, -0.15) is 0 Å². The molecule has 0 bridgehead atoms. The predicted molar refractivity (Wildman–Crippen MR) is 95.3 cm³/mol. The van der Waals surface area contributed by atoms with Gasteiger partial charge in [0.25, 0.3) is 5.56 Å². The van der Waals surface area contributed by atoms with Crippen molar-refractivity contribution in [1.29, 1.82) is 0 Å². The largest absolute Gasteiger partial charge is 0.464 e. The summed E-state index contributed by atoms with van der Waals surface area (Å²) in [5, 5.41) is 3.49. The Morgan fingerprint density at radius 3 is 2.84 bits per heavy atom. The first-order valence-corrected chi connectivity index (χ1v) is 8.36. The smallest absolute Gasteiger partial charge is 0.258 e. The summed E-state index contributed by atoms with van der Waals surface area (Å²) in [7, 11) is 0. The fourth-order valence-corrected chi connectivity index (χ4v) is 2.74. The molecule has 0 saturated carbocycles. The Morgan fingerprint density at radius 1 is 1.28 bits per heavy atom. The molecule has 130 valence electrons. The molecule has 0 aliphatic rings. The van der Waals surface area contributed by atoms with Crippen LogP contribution in [-0.4, -0.2) is 15.9 Å². The van der Waals surface area contributed by atoms with Crippen molar-refractivity contribution in [3.05, 3.63) is 64.1 Å². The number of furan rings is 1. The van der Waals surface area contributed by atoms with Gasteiger partial charge in [0.15, 0.2) is 0 Å². The highest BCUT2D eigenvalue weighted by atomic mass is 16.3. The number of amides is 1. The van der Waals surface area contributed by atoms with Crippen LogP contribution >= 0.6 is 0 Å². The second kappa shape index (κ2) is 7.34. The fraction of sp³-hybridized carbons (Fsp3) is 0.316. The topological polar surface area (TPSA) is 88.0 Å². The van der Waals surface area contributed by atoms with Gasteiger partial charge < -0.3 is 14.7 Å². The lowest BCUT2D eigenvalue weighted by molar-refractivity contribution is -0.121. The number of aryl methyl sites for hydroxylation is 2. The molecule has 6 heteroatoms. The van der Waals surface area contributed by atoms with Crippen LogP contribution in [0.25, 0.3) is 10.9 Å². The summed E-state index contributed by atoms with van der Waals surface area (Å²) in [6, 6.07) is 10.8. The first-order valence-electron chi connectivity index (χ1n) is 8.36. The Labute approximate surface area is 145 Å². The number of H-pyrrole nitrogens is 1. The van der Waals surface area contributed by atoms with Crippen LogP contribution in [0.4, 0.5) is 0 Å². The summed E-state index contributed by atoms with van der Waals surface area (Å²) in [6.45, 7) is 3.76. The molecule has 0 saturated heterocycles. The summed E-state index contributed by atoms with van der Waals surface area (Å²) < 4.78 is 5.51. The zero-order chi connectivity index (χ0) is 17.8. The van der Waals surface area contributed by atoms with Crippen molar-refractivity contribution in [2.45, 2.75) is 39.2 Å². The number of aromatic amines is 1. The van der Waals surface area contributed by atoms with E-state index >= 15 is 0 Å². The van der Waals surface area contributed by atoms with E-state index in [1.165, 1.54) is 0 Å². The van der Waals surface area contributed by atoms with Crippen molar-refractivity contribution in [3.63, 3.8) is 0 Å². The molecule has 1 unspecified atom stereocenters. The summed E-state index contributed by atoms with van der Waals surface area (Å²) in [5.41, 5.74) is 0.527. The molecule has 1 atom stereocenters. The van der Waals surface area contributed by atoms with Gasteiger partial charge in [0, 0.05) is 12.8 Å². The molecule has 2 heterocycles. The third-order valence-electron chi connectivity index (χ3n) is 4.04. The minimum absolute atomic E-state index is 0.0512. The van der Waals surface area contributed by atoms with Gasteiger partial charge in [-0.1, -0.05) is 12.1 Å². The van der Waals surface area contributed by atoms with Crippen LogP contribution in [0.1, 0.15) is 43.2 Å². The number of nitrogens with zero attached hydrogens (tertiary/aromatic N) is 1. The van der Waals surface area contributed by atoms with Crippen molar-refractivity contribution < 1.29 is 9.21 Å². The molecule has 2 N–H and O–H groups in total. The van der Waals surface area contributed by atoms with E-state index in [-0.39, 0.29) is 17.5 Å². The normalized spacial score (nSPS) is 12.2. The average Bonchev–Trinajstić information content (AvgIpc) is 3.01. The molecule has 0 aliphatic carbocycles. The van der Waals surface area contributed by atoms with E-state index in [4.69, 9.17) is 4.42 Å². The van der Waals surface area contributed by atoms with Crippen LogP contribution in [0.15, 0.2) is 45.6 Å². The summed E-state index contributed by atoms with van der Waals surface area (Å²) in [5.74, 6) is 2.12. The average molecular weight is 339 g/mol. The maximum absolute atomic E-state index is 12.1. The van der Waals surface area contributed by atoms with Gasteiger partial charge in [-0.15, -0.1) is 0 Å². The molecular weight excluding hydrogens is 318 g/mol. The molecule has 0 aliphatic heterocycles. The Balaban J connectivity index is 1.54. The molecule has 0 fully saturated rings. The number of aromatic nitrogens is 2. The first-order chi connectivity index (χ1) is 12.0. The number of carbonyl (C=O) groups is 1. The second-order valence-electron chi connectivity index (χ2n) is 6.12. The molecular formula is C19H21N3O3. The zero-order valence-corrected chi connectivity index (χ0v) is 14.3. The number of fused-ring (bicyclic) bond motifs is 1. The number of hydrogen-bond donors (Lipinski definition) is 2. The number of carbonyl (C=O) groups excluding carboxylic acids is 1. The third kappa shape index (κ3) is 4.15. The predicted octanol–water partition coefficient (Wildman–Crippen LogP) is 3.02. The molecule has 2 aromatic heterocycles. The van der Waals surface area contributed by atoms with Crippen molar-refractivity contribution >= 4 is 16.8 Å². The van der Waals surface area contributed by atoms with Crippen LogP contribution in [0.3, 0.4) is 0 Å². The Morgan fingerprint density at radius 2 is 2.08 bits per heavy atom. The molecule has 0 radical (unpaired) electrons. The van der Waals surface area contributed by atoms with Gasteiger partial charge in [0.1, 0.15) is 17.3 Å². The van der Waals surface area contributed by atoms with E-state index in [0.717, 1.165) is 11.5 Å². The van der Waals surface area contributed by atoms with Gasteiger partial charge in [0.2, 0.25) is 5.91 Å². The summed E-state index contributed by atoms with van der Waals surface area (Å²) in [4.78, 5) is 31.3. The third-order valence-corrected chi connectivity index (χ3v) is 4.04. The van der Waals surface area contributed by atoms with Crippen LogP contribution in [0.5, 0.6) is 0 Å². The number of nitrogens with one attached hydrogen (secondary N) is 2. The highest BCUT2D eigenvalue weighted by molar-refractivity contribution is 5.77. The molecule has 1 amide bonds. The molecule has 25 heavy (non-hydrogen) atoms. The van der Waals surface area contributed by atoms with Crippen LogP contribution in [0, 0.1) is 6.92 Å². The van der Waals surface area contributed by atoms with E-state index in [0.29, 0.717) is 36.0 Å². The van der Waals surface area contributed by atoms with Crippen LogP contribution < -0.4 is 10.9 Å². The van der Waals surface area contributed by atoms with Crippen molar-refractivity contribution in [3.8, 4) is 0 Å². The van der Waals surface area contributed by atoms with Crippen LogP contribution in [-0.2, 0) is 11.2 Å². The molecule has 6 nitrogen and oxygen atoms in total. The van der Waals surface area contributed by atoms with E-state index < -0.39 is 0 Å². The number of hydrogen-bond acceptors (Lipinski definition) is 4. The number of para-hydroxylation sites is 1. The van der Waals surface area contributed by atoms with E-state index in [9.17, 15) is 9.59 Å². The number of benzene rings is 1. The lowest BCUT2D eigenvalue weighted by atomic mass is 10.2. The summed E-state index contributed by atoms with van der Waals surface area (Å²) in [6.07, 6.45) is 1.51. The van der Waals surface area contributed by atoms with Crippen molar-refractivity contribution in [2.75, 3.05) is 0 Å². The van der Waals surface area contributed by atoms with Gasteiger partial charge in [-0.25, -0.2) is 4.98 Å². The first kappa shape index (κ1) is 17.0. The molecule has 1 aromatic carbocycles. The Bertz CT molecular complexity index is 942. The SMILES string of the molecule is Cc1ccc(C(C)NC(=O)CCCc2nc3ccccc3c(=O)[nH]2)o1. The minimum Gasteiger partial charge on any atom is -0.464 e. The van der Waals surface area contributed by atoms with Crippen molar-refractivity contribution in [1.82, 2.24) is 15.3 Å². The highest BCUT2D eigenvalue weighted by Crippen LogP contribution is 2.15. The second-order valence-corrected chi connectivity index (χ2v) is 6.12. The number of rotatable bonds is 6. The monoisotopic (exact) mass is 339 g/mol. The maximum atomic E-state index is 12.1. The van der Waals surface area contributed by atoms with Gasteiger partial charge in [0.05, 0.1) is 16.9 Å². The van der Waals surface area contributed by atoms with Gasteiger partial charge >= 0.3 is 0 Å².